The fourth-order valence-electron chi connectivity index (χ4n) is 2.46. The summed E-state index contributed by atoms with van der Waals surface area (Å²) in [7, 11) is 0. The predicted molar refractivity (Wildman–Crippen MR) is 83.1 cm³/mol. The molecular weight excluding hydrogens is 286 g/mol. The molecule has 0 atom stereocenters. The first-order valence-electron chi connectivity index (χ1n) is 6.70. The van der Waals surface area contributed by atoms with Crippen molar-refractivity contribution in [2.75, 3.05) is 5.32 Å². The molecule has 0 spiro atoms. The topological polar surface area (TPSA) is 46.2 Å². The standard InChI is InChI=1S/C17H14ClNO2/c1-9-3-4-11(5-10(9)2)17(21)13-6-12-7-16(20)19-15(12)8-14(13)18/h3-6,8H,7H2,1-2H3,(H,19,20). The quantitative estimate of drug-likeness (QED) is 0.860. The maximum Gasteiger partial charge on any atom is 0.228 e. The molecule has 0 unspecified atom stereocenters. The zero-order valence-corrected chi connectivity index (χ0v) is 12.5. The minimum Gasteiger partial charge on any atom is -0.325 e. The Kier molecular flexibility index (Phi) is 3.30. The van der Waals surface area contributed by atoms with Crippen LogP contribution in [-0.4, -0.2) is 11.7 Å². The molecule has 0 aromatic heterocycles. The molecule has 0 saturated carbocycles. The van der Waals surface area contributed by atoms with Gasteiger partial charge in [0.2, 0.25) is 5.91 Å². The highest BCUT2D eigenvalue weighted by molar-refractivity contribution is 6.35. The van der Waals surface area contributed by atoms with Crippen molar-refractivity contribution >= 4 is 29.0 Å². The van der Waals surface area contributed by atoms with E-state index in [0.717, 1.165) is 16.7 Å². The van der Waals surface area contributed by atoms with Crippen LogP contribution >= 0.6 is 11.6 Å². The minimum absolute atomic E-state index is 0.0724. The number of amides is 1. The van der Waals surface area contributed by atoms with Crippen molar-refractivity contribution in [2.45, 2.75) is 20.3 Å². The first-order valence-corrected chi connectivity index (χ1v) is 7.08. The van der Waals surface area contributed by atoms with Gasteiger partial charge in [0.05, 0.1) is 11.4 Å². The van der Waals surface area contributed by atoms with Crippen LogP contribution in [0.15, 0.2) is 30.3 Å². The summed E-state index contributed by atoms with van der Waals surface area (Å²) in [5.74, 6) is -0.193. The van der Waals surface area contributed by atoms with Crippen LogP contribution in [-0.2, 0) is 11.2 Å². The van der Waals surface area contributed by atoms with E-state index in [-0.39, 0.29) is 11.7 Å². The van der Waals surface area contributed by atoms with Crippen LogP contribution in [0.2, 0.25) is 5.02 Å². The molecule has 1 N–H and O–H groups in total. The molecule has 0 fully saturated rings. The van der Waals surface area contributed by atoms with Crippen molar-refractivity contribution in [3.8, 4) is 0 Å². The molecular formula is C17H14ClNO2. The van der Waals surface area contributed by atoms with E-state index in [2.05, 4.69) is 5.32 Å². The summed E-state index contributed by atoms with van der Waals surface area (Å²) in [6, 6.07) is 8.96. The zero-order chi connectivity index (χ0) is 15.1. The van der Waals surface area contributed by atoms with Gasteiger partial charge in [-0.3, -0.25) is 9.59 Å². The van der Waals surface area contributed by atoms with Crippen molar-refractivity contribution in [3.05, 3.63) is 63.2 Å². The highest BCUT2D eigenvalue weighted by atomic mass is 35.5. The summed E-state index contributed by atoms with van der Waals surface area (Å²) in [6.07, 6.45) is 0.291. The lowest BCUT2D eigenvalue weighted by Gasteiger charge is -2.08. The Morgan fingerprint density at radius 3 is 2.62 bits per heavy atom. The van der Waals surface area contributed by atoms with Gasteiger partial charge in [-0.2, -0.15) is 0 Å². The van der Waals surface area contributed by atoms with E-state index in [9.17, 15) is 9.59 Å². The highest BCUT2D eigenvalue weighted by Gasteiger charge is 2.22. The van der Waals surface area contributed by atoms with Crippen molar-refractivity contribution in [2.24, 2.45) is 0 Å². The smallest absolute Gasteiger partial charge is 0.228 e. The Bertz CT molecular complexity index is 781. The molecule has 0 saturated heterocycles. The molecule has 3 nitrogen and oxygen atoms in total. The van der Waals surface area contributed by atoms with Crippen LogP contribution in [0.3, 0.4) is 0 Å². The van der Waals surface area contributed by atoms with Gasteiger partial charge >= 0.3 is 0 Å². The number of aryl methyl sites for hydroxylation is 2. The maximum absolute atomic E-state index is 12.6. The van der Waals surface area contributed by atoms with E-state index in [1.807, 2.05) is 26.0 Å². The molecule has 1 aliphatic heterocycles. The Hall–Kier alpha value is -2.13. The largest absolute Gasteiger partial charge is 0.325 e. The molecule has 106 valence electrons. The third-order valence-corrected chi connectivity index (χ3v) is 4.14. The summed E-state index contributed by atoms with van der Waals surface area (Å²) in [5.41, 5.74) is 4.77. The van der Waals surface area contributed by atoms with Gasteiger partial charge in [0.15, 0.2) is 5.78 Å². The molecule has 3 rings (SSSR count). The Morgan fingerprint density at radius 2 is 1.90 bits per heavy atom. The predicted octanol–water partition coefficient (Wildman–Crippen LogP) is 3.68. The van der Waals surface area contributed by atoms with E-state index in [1.165, 1.54) is 0 Å². The Labute approximate surface area is 127 Å². The van der Waals surface area contributed by atoms with E-state index in [4.69, 9.17) is 11.6 Å². The number of fused-ring (bicyclic) bond motifs is 1. The van der Waals surface area contributed by atoms with Crippen molar-refractivity contribution in [1.82, 2.24) is 0 Å². The van der Waals surface area contributed by atoms with Crippen molar-refractivity contribution in [3.63, 3.8) is 0 Å². The van der Waals surface area contributed by atoms with E-state index in [0.29, 0.717) is 28.3 Å². The molecule has 1 amide bonds. The summed E-state index contributed by atoms with van der Waals surface area (Å²) < 4.78 is 0. The monoisotopic (exact) mass is 299 g/mol. The summed E-state index contributed by atoms with van der Waals surface area (Å²) in [6.45, 7) is 3.97. The first kappa shape index (κ1) is 13.8. The van der Waals surface area contributed by atoms with Gasteiger partial charge in [-0.1, -0.05) is 23.7 Å². The molecule has 4 heteroatoms. The number of nitrogens with one attached hydrogen (secondary N) is 1. The SMILES string of the molecule is Cc1ccc(C(=O)c2cc3c(cc2Cl)NC(=O)C3)cc1C. The summed E-state index contributed by atoms with van der Waals surface area (Å²) in [5, 5.41) is 3.09. The lowest BCUT2D eigenvalue weighted by Crippen LogP contribution is -2.04. The van der Waals surface area contributed by atoms with Crippen LogP contribution in [0.1, 0.15) is 32.6 Å². The van der Waals surface area contributed by atoms with Crippen molar-refractivity contribution < 1.29 is 9.59 Å². The van der Waals surface area contributed by atoms with Crippen LogP contribution in [0, 0.1) is 13.8 Å². The summed E-state index contributed by atoms with van der Waals surface area (Å²) >= 11 is 6.20. The maximum atomic E-state index is 12.6. The Morgan fingerprint density at radius 1 is 1.14 bits per heavy atom. The third-order valence-electron chi connectivity index (χ3n) is 3.83. The molecule has 1 heterocycles. The van der Waals surface area contributed by atoms with Gasteiger partial charge in [-0.05, 0) is 48.7 Å². The number of anilines is 1. The number of ketones is 1. The van der Waals surface area contributed by atoms with E-state index < -0.39 is 0 Å². The number of hydrogen-bond acceptors (Lipinski definition) is 2. The number of halogens is 1. The highest BCUT2D eigenvalue weighted by Crippen LogP contribution is 2.31. The zero-order valence-electron chi connectivity index (χ0n) is 11.8. The molecule has 0 bridgehead atoms. The second kappa shape index (κ2) is 5.01. The molecule has 0 aliphatic carbocycles. The molecule has 0 radical (unpaired) electrons. The van der Waals surface area contributed by atoms with E-state index >= 15 is 0 Å². The van der Waals surface area contributed by atoms with Crippen LogP contribution < -0.4 is 5.32 Å². The average Bonchev–Trinajstić information content (AvgIpc) is 2.79. The Balaban J connectivity index is 2.04. The first-order chi connectivity index (χ1) is 9.95. The van der Waals surface area contributed by atoms with Gasteiger partial charge in [0, 0.05) is 16.8 Å². The number of hydrogen-bond donors (Lipinski definition) is 1. The van der Waals surface area contributed by atoms with Gasteiger partial charge in [0.25, 0.3) is 0 Å². The van der Waals surface area contributed by atoms with Gasteiger partial charge in [0.1, 0.15) is 0 Å². The molecule has 21 heavy (non-hydrogen) atoms. The fourth-order valence-corrected chi connectivity index (χ4v) is 2.71. The van der Waals surface area contributed by atoms with Crippen molar-refractivity contribution in [1.29, 1.82) is 0 Å². The molecule has 1 aliphatic rings. The molecule has 2 aromatic rings. The normalized spacial score (nSPS) is 13.0. The van der Waals surface area contributed by atoms with Gasteiger partial charge in [-0.15, -0.1) is 0 Å². The van der Waals surface area contributed by atoms with Gasteiger partial charge < -0.3 is 5.32 Å². The molecule has 2 aromatic carbocycles. The van der Waals surface area contributed by atoms with Crippen LogP contribution in [0.4, 0.5) is 5.69 Å². The van der Waals surface area contributed by atoms with Gasteiger partial charge in [-0.25, -0.2) is 0 Å². The average molecular weight is 300 g/mol. The lowest BCUT2D eigenvalue weighted by atomic mass is 9.97. The fraction of sp³-hybridized carbons (Fsp3) is 0.176. The van der Waals surface area contributed by atoms with E-state index in [1.54, 1.807) is 18.2 Å². The summed E-state index contributed by atoms with van der Waals surface area (Å²) in [4.78, 5) is 24.0. The lowest BCUT2D eigenvalue weighted by molar-refractivity contribution is -0.115. The van der Waals surface area contributed by atoms with Crippen LogP contribution in [0.5, 0.6) is 0 Å². The number of benzene rings is 2. The number of carbonyl (C=O) groups is 2. The number of rotatable bonds is 2. The number of carbonyl (C=O) groups excluding carboxylic acids is 2. The third kappa shape index (κ3) is 2.45. The van der Waals surface area contributed by atoms with Crippen LogP contribution in [0.25, 0.3) is 0 Å². The minimum atomic E-state index is -0.120. The second-order valence-electron chi connectivity index (χ2n) is 5.34. The second-order valence-corrected chi connectivity index (χ2v) is 5.75.